The van der Waals surface area contributed by atoms with Gasteiger partial charge in [-0.05, 0) is 26.3 Å². The third-order valence-electron chi connectivity index (χ3n) is 4.26. The standard InChI is InChI=1S/C20H28N2O3/c1-5-6-10-25-20-16(8-7-9-18(20)24-4)12-21-13-17-15(3)19(23)14(2)11-22-17/h7-9,11,21H,5-6,10,12-13H2,1-4H3,(H,22,23). The van der Waals surface area contributed by atoms with Crippen LogP contribution in [0.25, 0.3) is 0 Å². The molecule has 0 radical (unpaired) electrons. The lowest BCUT2D eigenvalue weighted by atomic mass is 10.1. The molecule has 1 heterocycles. The third-order valence-corrected chi connectivity index (χ3v) is 4.26. The second-order valence-corrected chi connectivity index (χ2v) is 6.16. The second kappa shape index (κ2) is 9.28. The largest absolute Gasteiger partial charge is 0.493 e. The van der Waals surface area contributed by atoms with Gasteiger partial charge in [-0.1, -0.05) is 25.5 Å². The minimum Gasteiger partial charge on any atom is -0.493 e. The Balaban J connectivity index is 2.07. The van der Waals surface area contributed by atoms with Crippen molar-refractivity contribution in [3.8, 4) is 11.5 Å². The highest BCUT2D eigenvalue weighted by Gasteiger charge is 2.11. The number of hydrogen-bond acceptors (Lipinski definition) is 4. The summed E-state index contributed by atoms with van der Waals surface area (Å²) in [5, 5.41) is 3.38. The Morgan fingerprint density at radius 3 is 2.72 bits per heavy atom. The van der Waals surface area contributed by atoms with Crippen molar-refractivity contribution < 1.29 is 9.47 Å². The van der Waals surface area contributed by atoms with Gasteiger partial charge in [-0.25, -0.2) is 0 Å². The van der Waals surface area contributed by atoms with Crippen molar-refractivity contribution in [1.29, 1.82) is 0 Å². The zero-order chi connectivity index (χ0) is 18.2. The fraction of sp³-hybridized carbons (Fsp3) is 0.450. The van der Waals surface area contributed by atoms with Crippen molar-refractivity contribution in [3.05, 3.63) is 57.0 Å². The molecule has 0 aliphatic carbocycles. The maximum absolute atomic E-state index is 12.0. The zero-order valence-corrected chi connectivity index (χ0v) is 15.6. The summed E-state index contributed by atoms with van der Waals surface area (Å²) in [7, 11) is 1.65. The summed E-state index contributed by atoms with van der Waals surface area (Å²) in [6, 6.07) is 5.90. The molecule has 0 saturated carbocycles. The number of ether oxygens (including phenoxy) is 2. The lowest BCUT2D eigenvalue weighted by molar-refractivity contribution is 0.284. The van der Waals surface area contributed by atoms with Crippen molar-refractivity contribution >= 4 is 0 Å². The van der Waals surface area contributed by atoms with E-state index in [1.807, 2.05) is 32.0 Å². The van der Waals surface area contributed by atoms with Crippen LogP contribution in [0.1, 0.15) is 42.1 Å². The smallest absolute Gasteiger partial charge is 0.187 e. The van der Waals surface area contributed by atoms with E-state index in [-0.39, 0.29) is 5.43 Å². The molecular formula is C20H28N2O3. The predicted octanol–water partition coefficient (Wildman–Crippen LogP) is 3.47. The maximum Gasteiger partial charge on any atom is 0.187 e. The molecule has 0 unspecified atom stereocenters. The van der Waals surface area contributed by atoms with Crippen LogP contribution in [-0.2, 0) is 13.1 Å². The summed E-state index contributed by atoms with van der Waals surface area (Å²) in [5.41, 5.74) is 3.55. The molecule has 0 aliphatic heterocycles. The monoisotopic (exact) mass is 344 g/mol. The van der Waals surface area contributed by atoms with E-state index in [4.69, 9.17) is 9.47 Å². The van der Waals surface area contributed by atoms with Gasteiger partial charge in [0.1, 0.15) is 0 Å². The first kappa shape index (κ1) is 19.1. The Morgan fingerprint density at radius 2 is 2.00 bits per heavy atom. The van der Waals surface area contributed by atoms with E-state index in [9.17, 15) is 4.79 Å². The van der Waals surface area contributed by atoms with E-state index in [0.29, 0.717) is 19.7 Å². The minimum atomic E-state index is 0.0977. The van der Waals surface area contributed by atoms with Gasteiger partial charge in [0.05, 0.1) is 13.7 Å². The molecule has 1 aromatic heterocycles. The number of aryl methyl sites for hydroxylation is 1. The molecule has 0 aliphatic rings. The Bertz CT molecular complexity index is 753. The van der Waals surface area contributed by atoms with Crippen molar-refractivity contribution in [3.63, 3.8) is 0 Å². The molecule has 0 amide bonds. The van der Waals surface area contributed by atoms with Crippen molar-refractivity contribution in [2.24, 2.45) is 0 Å². The Labute approximate surface area is 149 Å². The molecule has 25 heavy (non-hydrogen) atoms. The van der Waals surface area contributed by atoms with Crippen LogP contribution >= 0.6 is 0 Å². The molecule has 2 rings (SSSR count). The van der Waals surface area contributed by atoms with Gasteiger partial charge >= 0.3 is 0 Å². The van der Waals surface area contributed by atoms with Crippen LogP contribution in [0.5, 0.6) is 11.5 Å². The SMILES string of the molecule is CCCCOc1c(CNCc2[nH]cc(C)c(=O)c2C)cccc1OC. The van der Waals surface area contributed by atoms with E-state index < -0.39 is 0 Å². The number of benzene rings is 1. The van der Waals surface area contributed by atoms with Gasteiger partial charge in [-0.3, -0.25) is 4.79 Å². The van der Waals surface area contributed by atoms with E-state index >= 15 is 0 Å². The Kier molecular flexibility index (Phi) is 7.07. The van der Waals surface area contributed by atoms with Crippen molar-refractivity contribution in [1.82, 2.24) is 10.3 Å². The number of hydrogen-bond donors (Lipinski definition) is 2. The molecule has 136 valence electrons. The Morgan fingerprint density at radius 1 is 1.20 bits per heavy atom. The van der Waals surface area contributed by atoms with E-state index in [0.717, 1.165) is 46.7 Å². The van der Waals surface area contributed by atoms with Crippen LogP contribution in [0.4, 0.5) is 0 Å². The summed E-state index contributed by atoms with van der Waals surface area (Å²) in [4.78, 5) is 15.2. The summed E-state index contributed by atoms with van der Waals surface area (Å²) >= 11 is 0. The highest BCUT2D eigenvalue weighted by molar-refractivity contribution is 5.46. The number of H-pyrrole nitrogens is 1. The molecule has 0 atom stereocenters. The summed E-state index contributed by atoms with van der Waals surface area (Å²) in [6.07, 6.45) is 3.86. The maximum atomic E-state index is 12.0. The molecule has 0 spiro atoms. The average Bonchev–Trinajstić information content (AvgIpc) is 2.62. The molecule has 0 bridgehead atoms. The second-order valence-electron chi connectivity index (χ2n) is 6.16. The van der Waals surface area contributed by atoms with E-state index in [1.165, 1.54) is 0 Å². The normalized spacial score (nSPS) is 10.7. The van der Waals surface area contributed by atoms with Gasteiger partial charge in [0.2, 0.25) is 0 Å². The average molecular weight is 344 g/mol. The molecule has 1 aromatic carbocycles. The van der Waals surface area contributed by atoms with Gasteiger partial charge in [0.15, 0.2) is 16.9 Å². The van der Waals surface area contributed by atoms with E-state index in [2.05, 4.69) is 17.2 Å². The van der Waals surface area contributed by atoms with Crippen molar-refractivity contribution in [2.75, 3.05) is 13.7 Å². The summed E-state index contributed by atoms with van der Waals surface area (Å²) in [5.74, 6) is 1.54. The van der Waals surface area contributed by atoms with Gasteiger partial charge in [-0.2, -0.15) is 0 Å². The molecule has 5 nitrogen and oxygen atoms in total. The Hall–Kier alpha value is -2.27. The quantitative estimate of drug-likeness (QED) is 0.684. The number of unbranched alkanes of at least 4 members (excludes halogenated alkanes) is 1. The molecule has 0 fully saturated rings. The summed E-state index contributed by atoms with van der Waals surface area (Å²) < 4.78 is 11.4. The van der Waals surface area contributed by atoms with Gasteiger partial charge in [-0.15, -0.1) is 0 Å². The van der Waals surface area contributed by atoms with Crippen LogP contribution in [0.3, 0.4) is 0 Å². The lowest BCUT2D eigenvalue weighted by Crippen LogP contribution is -2.20. The number of methoxy groups -OCH3 is 1. The first-order valence-corrected chi connectivity index (χ1v) is 8.75. The molecular weight excluding hydrogens is 316 g/mol. The van der Waals surface area contributed by atoms with E-state index in [1.54, 1.807) is 13.3 Å². The number of rotatable bonds is 9. The first-order valence-electron chi connectivity index (χ1n) is 8.75. The fourth-order valence-corrected chi connectivity index (χ4v) is 2.65. The predicted molar refractivity (Wildman–Crippen MR) is 100 cm³/mol. The lowest BCUT2D eigenvalue weighted by Gasteiger charge is -2.16. The first-order chi connectivity index (χ1) is 12.1. The number of pyridine rings is 1. The highest BCUT2D eigenvalue weighted by atomic mass is 16.5. The van der Waals surface area contributed by atoms with Crippen LogP contribution < -0.4 is 20.2 Å². The van der Waals surface area contributed by atoms with Gasteiger partial charge in [0.25, 0.3) is 0 Å². The third kappa shape index (κ3) is 4.86. The van der Waals surface area contributed by atoms with Crippen LogP contribution in [0.15, 0.2) is 29.2 Å². The topological polar surface area (TPSA) is 63.3 Å². The number of para-hydroxylation sites is 1. The van der Waals surface area contributed by atoms with Crippen LogP contribution in [0.2, 0.25) is 0 Å². The zero-order valence-electron chi connectivity index (χ0n) is 15.6. The van der Waals surface area contributed by atoms with Gasteiger partial charge in [0, 0.05) is 41.7 Å². The minimum absolute atomic E-state index is 0.0977. The van der Waals surface area contributed by atoms with Crippen molar-refractivity contribution in [2.45, 2.75) is 46.7 Å². The molecule has 0 saturated heterocycles. The van der Waals surface area contributed by atoms with Crippen LogP contribution in [0, 0.1) is 13.8 Å². The molecule has 5 heteroatoms. The highest BCUT2D eigenvalue weighted by Crippen LogP contribution is 2.31. The number of aromatic amines is 1. The molecule has 2 N–H and O–H groups in total. The van der Waals surface area contributed by atoms with Crippen LogP contribution in [-0.4, -0.2) is 18.7 Å². The fourth-order valence-electron chi connectivity index (χ4n) is 2.65. The molecule has 2 aromatic rings. The summed E-state index contributed by atoms with van der Waals surface area (Å²) in [6.45, 7) is 7.71. The number of aromatic nitrogens is 1. The number of nitrogens with one attached hydrogen (secondary N) is 2. The van der Waals surface area contributed by atoms with Gasteiger partial charge < -0.3 is 19.8 Å².